The third-order valence-electron chi connectivity index (χ3n) is 2.70. The van der Waals surface area contributed by atoms with E-state index in [0.29, 0.717) is 25.3 Å². The van der Waals surface area contributed by atoms with E-state index >= 15 is 0 Å². The number of hydrogen-bond acceptors (Lipinski definition) is 5. The third kappa shape index (κ3) is 6.20. The zero-order chi connectivity index (χ0) is 13.9. The summed E-state index contributed by atoms with van der Waals surface area (Å²) < 4.78 is 5.55. The van der Waals surface area contributed by atoms with Gasteiger partial charge in [0.2, 0.25) is 0 Å². The van der Waals surface area contributed by atoms with Crippen LogP contribution in [0.2, 0.25) is 0 Å². The fourth-order valence-corrected chi connectivity index (χ4v) is 1.72. The Bertz CT molecular complexity index is 381. The lowest BCUT2D eigenvalue weighted by atomic mass is 10.2. The van der Waals surface area contributed by atoms with Crippen LogP contribution in [0, 0.1) is 11.3 Å². The van der Waals surface area contributed by atoms with Crippen molar-refractivity contribution in [3.8, 4) is 11.8 Å². The zero-order valence-electron chi connectivity index (χ0n) is 11.0. The molecular weight excluding hydrogens is 244 g/mol. The van der Waals surface area contributed by atoms with Gasteiger partial charge in [0.15, 0.2) is 0 Å². The summed E-state index contributed by atoms with van der Waals surface area (Å²) in [7, 11) is 0. The van der Waals surface area contributed by atoms with E-state index in [9.17, 15) is 0 Å². The number of benzene rings is 1. The molecule has 0 saturated heterocycles. The van der Waals surface area contributed by atoms with Crippen molar-refractivity contribution in [3.63, 3.8) is 0 Å². The van der Waals surface area contributed by atoms with Crippen LogP contribution >= 0.6 is 0 Å². The second-order valence-corrected chi connectivity index (χ2v) is 4.13. The highest BCUT2D eigenvalue weighted by atomic mass is 16.5. The molecule has 0 atom stereocenters. The van der Waals surface area contributed by atoms with Crippen LogP contribution in [0.3, 0.4) is 0 Å². The van der Waals surface area contributed by atoms with Gasteiger partial charge in [0.05, 0.1) is 31.5 Å². The predicted octanol–water partition coefficient (Wildman–Crippen LogP) is 0.614. The van der Waals surface area contributed by atoms with Crippen molar-refractivity contribution in [3.05, 3.63) is 29.8 Å². The van der Waals surface area contributed by atoms with Crippen molar-refractivity contribution in [2.75, 3.05) is 39.5 Å². The molecule has 0 aliphatic carbocycles. The lowest BCUT2D eigenvalue weighted by Crippen LogP contribution is -2.31. The van der Waals surface area contributed by atoms with Gasteiger partial charge < -0.3 is 14.9 Å². The first kappa shape index (κ1) is 15.4. The lowest BCUT2D eigenvalue weighted by Gasteiger charge is -2.19. The van der Waals surface area contributed by atoms with Crippen LogP contribution in [-0.2, 0) is 0 Å². The Labute approximate surface area is 113 Å². The Morgan fingerprint density at radius 2 is 1.68 bits per heavy atom. The van der Waals surface area contributed by atoms with Gasteiger partial charge in [-0.25, -0.2) is 0 Å². The minimum atomic E-state index is 0.0937. The maximum absolute atomic E-state index is 8.87. The molecule has 19 heavy (non-hydrogen) atoms. The second kappa shape index (κ2) is 9.34. The SMILES string of the molecule is N#Cc1ccc(OCCCN(CCO)CCO)cc1. The van der Waals surface area contributed by atoms with Gasteiger partial charge in [-0.1, -0.05) is 0 Å². The smallest absolute Gasteiger partial charge is 0.119 e. The van der Waals surface area contributed by atoms with Crippen LogP contribution in [-0.4, -0.2) is 54.6 Å². The van der Waals surface area contributed by atoms with Crippen LogP contribution in [0.5, 0.6) is 5.75 Å². The first-order valence-corrected chi connectivity index (χ1v) is 6.37. The molecule has 5 nitrogen and oxygen atoms in total. The van der Waals surface area contributed by atoms with Crippen LogP contribution in [0.1, 0.15) is 12.0 Å². The monoisotopic (exact) mass is 264 g/mol. The van der Waals surface area contributed by atoms with E-state index in [1.165, 1.54) is 0 Å². The fourth-order valence-electron chi connectivity index (χ4n) is 1.72. The topological polar surface area (TPSA) is 76.7 Å². The van der Waals surface area contributed by atoms with Crippen molar-refractivity contribution >= 4 is 0 Å². The summed E-state index contributed by atoms with van der Waals surface area (Å²) in [4.78, 5) is 1.99. The summed E-state index contributed by atoms with van der Waals surface area (Å²) >= 11 is 0. The van der Waals surface area contributed by atoms with Gasteiger partial charge in [0, 0.05) is 19.6 Å². The molecule has 0 heterocycles. The van der Waals surface area contributed by atoms with E-state index in [1.54, 1.807) is 24.3 Å². The van der Waals surface area contributed by atoms with Crippen molar-refractivity contribution in [1.29, 1.82) is 5.26 Å². The van der Waals surface area contributed by atoms with Gasteiger partial charge in [-0.15, -0.1) is 0 Å². The Morgan fingerprint density at radius 3 is 2.21 bits per heavy atom. The van der Waals surface area contributed by atoms with E-state index in [2.05, 4.69) is 6.07 Å². The number of rotatable bonds is 9. The Kier molecular flexibility index (Phi) is 7.59. The van der Waals surface area contributed by atoms with Gasteiger partial charge in [-0.3, -0.25) is 4.90 Å². The lowest BCUT2D eigenvalue weighted by molar-refractivity contribution is 0.153. The van der Waals surface area contributed by atoms with Gasteiger partial charge in [-0.05, 0) is 30.7 Å². The average molecular weight is 264 g/mol. The van der Waals surface area contributed by atoms with Crippen LogP contribution < -0.4 is 4.74 Å². The summed E-state index contributed by atoms with van der Waals surface area (Å²) in [5.41, 5.74) is 0.615. The fraction of sp³-hybridized carbons (Fsp3) is 0.500. The Hall–Kier alpha value is -1.61. The van der Waals surface area contributed by atoms with Gasteiger partial charge in [0.25, 0.3) is 0 Å². The molecule has 0 unspecified atom stereocenters. The molecule has 5 heteroatoms. The number of ether oxygens (including phenoxy) is 1. The van der Waals surface area contributed by atoms with E-state index in [1.807, 2.05) is 4.90 Å². The molecule has 0 bridgehead atoms. The van der Waals surface area contributed by atoms with Crippen LogP contribution in [0.25, 0.3) is 0 Å². The maximum atomic E-state index is 8.87. The highest BCUT2D eigenvalue weighted by Crippen LogP contribution is 2.11. The number of hydrogen-bond donors (Lipinski definition) is 2. The molecule has 1 aromatic rings. The highest BCUT2D eigenvalue weighted by molar-refractivity contribution is 5.34. The van der Waals surface area contributed by atoms with Crippen molar-refractivity contribution in [2.45, 2.75) is 6.42 Å². The second-order valence-electron chi connectivity index (χ2n) is 4.13. The average Bonchev–Trinajstić information content (AvgIpc) is 2.44. The maximum Gasteiger partial charge on any atom is 0.119 e. The molecule has 104 valence electrons. The molecular formula is C14H20N2O3. The summed E-state index contributed by atoms with van der Waals surface area (Å²) in [6, 6.07) is 9.05. The summed E-state index contributed by atoms with van der Waals surface area (Å²) in [6.45, 7) is 2.67. The number of nitrogens with zero attached hydrogens (tertiary/aromatic N) is 2. The zero-order valence-corrected chi connectivity index (χ0v) is 11.0. The molecule has 0 fully saturated rings. The van der Waals surface area contributed by atoms with Crippen molar-refractivity contribution in [2.24, 2.45) is 0 Å². The molecule has 0 radical (unpaired) electrons. The van der Waals surface area contributed by atoms with Gasteiger partial charge in [-0.2, -0.15) is 5.26 Å². The number of aliphatic hydroxyl groups excluding tert-OH is 2. The van der Waals surface area contributed by atoms with Crippen molar-refractivity contribution in [1.82, 2.24) is 4.90 Å². The largest absolute Gasteiger partial charge is 0.494 e. The molecule has 0 aromatic heterocycles. The molecule has 0 saturated carbocycles. The molecule has 1 rings (SSSR count). The quantitative estimate of drug-likeness (QED) is 0.639. The molecule has 0 aliphatic rings. The standard InChI is InChI=1S/C14H20N2O3/c15-12-13-2-4-14(5-3-13)19-11-1-6-16(7-9-17)8-10-18/h2-5,17-18H,1,6-11H2. The number of nitriles is 1. The predicted molar refractivity (Wildman–Crippen MR) is 71.9 cm³/mol. The highest BCUT2D eigenvalue weighted by Gasteiger charge is 2.03. The number of aliphatic hydroxyl groups is 2. The molecule has 2 N–H and O–H groups in total. The molecule has 0 aliphatic heterocycles. The van der Waals surface area contributed by atoms with Gasteiger partial charge in [0.1, 0.15) is 5.75 Å². The Balaban J connectivity index is 2.23. The third-order valence-corrected chi connectivity index (χ3v) is 2.70. The minimum absolute atomic E-state index is 0.0937. The van der Waals surface area contributed by atoms with Gasteiger partial charge >= 0.3 is 0 Å². The van der Waals surface area contributed by atoms with E-state index in [-0.39, 0.29) is 13.2 Å². The van der Waals surface area contributed by atoms with E-state index < -0.39 is 0 Å². The first-order chi connectivity index (χ1) is 9.30. The molecule has 0 spiro atoms. The van der Waals surface area contributed by atoms with Crippen molar-refractivity contribution < 1.29 is 14.9 Å². The summed E-state index contributed by atoms with van der Waals surface area (Å²) in [5.74, 6) is 0.745. The minimum Gasteiger partial charge on any atom is -0.494 e. The van der Waals surface area contributed by atoms with Crippen LogP contribution in [0.4, 0.5) is 0 Å². The summed E-state index contributed by atoms with van der Waals surface area (Å²) in [6.07, 6.45) is 0.819. The summed E-state index contributed by atoms with van der Waals surface area (Å²) in [5, 5.41) is 26.4. The molecule has 0 amide bonds. The van der Waals surface area contributed by atoms with E-state index in [0.717, 1.165) is 18.7 Å². The first-order valence-electron chi connectivity index (χ1n) is 6.37. The normalized spacial score (nSPS) is 10.4. The van der Waals surface area contributed by atoms with Crippen LogP contribution in [0.15, 0.2) is 24.3 Å². The Morgan fingerprint density at radius 1 is 1.05 bits per heavy atom. The van der Waals surface area contributed by atoms with E-state index in [4.69, 9.17) is 20.2 Å². The molecule has 1 aromatic carbocycles.